The molecule has 2 aromatic heterocycles. The number of hydrogen-bond donors (Lipinski definition) is 1. The molecule has 2 aromatic carbocycles. The molecule has 5 rings (SSSR count). The molecule has 1 aliphatic rings. The highest BCUT2D eigenvalue weighted by Crippen LogP contribution is 2.45. The number of amides is 1. The van der Waals surface area contributed by atoms with Crippen LogP contribution < -0.4 is 14.4 Å². The average Bonchev–Trinajstić information content (AvgIpc) is 3.73. The first kappa shape index (κ1) is 28.5. The first-order valence-corrected chi connectivity index (χ1v) is 15.2. The van der Waals surface area contributed by atoms with Gasteiger partial charge in [-0.05, 0) is 53.8 Å². The number of thioether (sulfide) groups is 1. The van der Waals surface area contributed by atoms with E-state index in [9.17, 15) is 19.1 Å². The third-order valence-electron chi connectivity index (χ3n) is 6.02. The molecule has 12 heteroatoms. The smallest absolute Gasteiger partial charge is 0.296 e. The maximum atomic E-state index is 13.6. The van der Waals surface area contributed by atoms with Gasteiger partial charge in [-0.1, -0.05) is 60.0 Å². The molecule has 0 saturated carbocycles. The van der Waals surface area contributed by atoms with Crippen molar-refractivity contribution in [2.75, 3.05) is 18.1 Å². The molecule has 0 fully saturated rings. The Kier molecular flexibility index (Phi) is 8.81. The van der Waals surface area contributed by atoms with E-state index in [0.29, 0.717) is 38.6 Å². The van der Waals surface area contributed by atoms with Gasteiger partial charge in [0.1, 0.15) is 12.4 Å². The Balaban J connectivity index is 1.52. The molecule has 0 bridgehead atoms. The van der Waals surface area contributed by atoms with Crippen LogP contribution in [0.4, 0.5) is 9.52 Å². The molecular weight excluding hydrogens is 586 g/mol. The van der Waals surface area contributed by atoms with E-state index < -0.39 is 23.5 Å². The van der Waals surface area contributed by atoms with Crippen molar-refractivity contribution >= 4 is 51.3 Å². The summed E-state index contributed by atoms with van der Waals surface area (Å²) in [6, 6.07) is 13.6. The fourth-order valence-corrected chi connectivity index (χ4v) is 6.71. The fourth-order valence-electron chi connectivity index (χ4n) is 4.21. The lowest BCUT2D eigenvalue weighted by Crippen LogP contribution is -2.31. The van der Waals surface area contributed by atoms with E-state index in [-0.39, 0.29) is 23.1 Å². The van der Waals surface area contributed by atoms with Crippen LogP contribution >= 0.6 is 34.4 Å². The lowest BCUT2D eigenvalue weighted by molar-refractivity contribution is -0.117. The number of halogens is 1. The highest BCUT2D eigenvalue weighted by atomic mass is 32.2. The van der Waals surface area contributed by atoms with Gasteiger partial charge in [-0.3, -0.25) is 14.5 Å². The van der Waals surface area contributed by atoms with Crippen molar-refractivity contribution in [3.63, 3.8) is 0 Å². The fraction of sp³-hybridized carbons (Fsp3) is 0.172. The van der Waals surface area contributed by atoms with Crippen LogP contribution in [0.2, 0.25) is 0 Å². The second-order valence-corrected chi connectivity index (χ2v) is 11.8. The van der Waals surface area contributed by atoms with E-state index >= 15 is 0 Å². The number of ketones is 1. The number of thiophene rings is 1. The second kappa shape index (κ2) is 12.7. The predicted molar refractivity (Wildman–Crippen MR) is 158 cm³/mol. The van der Waals surface area contributed by atoms with E-state index in [1.54, 1.807) is 53.9 Å². The molecular formula is C29H24FN3O5S3. The van der Waals surface area contributed by atoms with Crippen molar-refractivity contribution < 1.29 is 28.6 Å². The van der Waals surface area contributed by atoms with Crippen molar-refractivity contribution in [3.8, 4) is 11.5 Å². The van der Waals surface area contributed by atoms with Gasteiger partial charge in [0.2, 0.25) is 10.9 Å². The summed E-state index contributed by atoms with van der Waals surface area (Å²) in [5.41, 5.74) is 1.36. The van der Waals surface area contributed by atoms with E-state index in [0.717, 1.165) is 16.9 Å². The topological polar surface area (TPSA) is 102 Å². The van der Waals surface area contributed by atoms with Crippen LogP contribution in [-0.2, 0) is 10.5 Å². The molecule has 1 aliphatic heterocycles. The highest BCUT2D eigenvalue weighted by molar-refractivity contribution is 8.00. The van der Waals surface area contributed by atoms with Crippen molar-refractivity contribution in [2.24, 2.45) is 0 Å². The van der Waals surface area contributed by atoms with Crippen LogP contribution in [0.15, 0.2) is 88.3 Å². The minimum atomic E-state index is -0.993. The Labute approximate surface area is 247 Å². The molecule has 0 radical (unpaired) electrons. The maximum absolute atomic E-state index is 13.6. The number of aliphatic hydroxyl groups is 1. The van der Waals surface area contributed by atoms with Crippen LogP contribution in [0.5, 0.6) is 11.5 Å². The number of Topliss-reactive ketones (excluding diaryl/α,β-unsaturated/α-hetero) is 1. The summed E-state index contributed by atoms with van der Waals surface area (Å²) >= 11 is 3.75. The molecule has 1 amide bonds. The number of ether oxygens (including phenoxy) is 2. The number of benzene rings is 2. The van der Waals surface area contributed by atoms with Crippen molar-refractivity contribution in [3.05, 3.63) is 106 Å². The van der Waals surface area contributed by atoms with Crippen molar-refractivity contribution in [1.29, 1.82) is 0 Å². The van der Waals surface area contributed by atoms with E-state index in [2.05, 4.69) is 16.8 Å². The summed E-state index contributed by atoms with van der Waals surface area (Å²) in [5, 5.41) is 21.5. The number of aliphatic hydroxyl groups excluding tert-OH is 1. The lowest BCUT2D eigenvalue weighted by atomic mass is 9.95. The SMILES string of the molecule is C=CCOc1ccc(C2C(C(=O)c3cccs3)=C(O)C(=O)N2c2nnc(SCc3ccc(F)cc3)s2)cc1OCC. The average molecular weight is 610 g/mol. The zero-order valence-corrected chi connectivity index (χ0v) is 24.2. The third-order valence-corrected chi connectivity index (χ3v) is 9.01. The molecule has 8 nitrogen and oxygen atoms in total. The Morgan fingerprint density at radius 1 is 1.17 bits per heavy atom. The molecule has 210 valence electrons. The minimum Gasteiger partial charge on any atom is -0.503 e. The largest absolute Gasteiger partial charge is 0.503 e. The van der Waals surface area contributed by atoms with Crippen LogP contribution in [0.3, 0.4) is 0 Å². The Hall–Kier alpha value is -4.00. The van der Waals surface area contributed by atoms with Gasteiger partial charge in [0.15, 0.2) is 21.6 Å². The summed E-state index contributed by atoms with van der Waals surface area (Å²) in [6.07, 6.45) is 1.61. The Morgan fingerprint density at radius 3 is 2.68 bits per heavy atom. The molecule has 0 spiro atoms. The number of rotatable bonds is 12. The minimum absolute atomic E-state index is 0.0598. The zero-order valence-electron chi connectivity index (χ0n) is 21.8. The van der Waals surface area contributed by atoms with Crippen molar-refractivity contribution in [2.45, 2.75) is 23.1 Å². The maximum Gasteiger partial charge on any atom is 0.296 e. The molecule has 1 unspecified atom stereocenters. The van der Waals surface area contributed by atoms with E-state index in [4.69, 9.17) is 9.47 Å². The monoisotopic (exact) mass is 609 g/mol. The third kappa shape index (κ3) is 6.04. The van der Waals surface area contributed by atoms with Gasteiger partial charge in [-0.2, -0.15) is 0 Å². The van der Waals surface area contributed by atoms with Gasteiger partial charge >= 0.3 is 0 Å². The number of carbonyl (C=O) groups excluding carboxylic acids is 2. The number of hydrogen-bond acceptors (Lipinski definition) is 10. The number of aromatic nitrogens is 2. The molecule has 3 heterocycles. The van der Waals surface area contributed by atoms with Crippen molar-refractivity contribution in [1.82, 2.24) is 10.2 Å². The standard InChI is InChI=1S/C29H24FN3O5S3/c1-3-13-38-20-12-9-18(15-21(20)37-4-2)24-23(25(34)22-6-5-14-39-22)26(35)27(36)33(24)28-31-32-29(41-28)40-16-17-7-10-19(30)11-8-17/h3,5-12,14-15,24,35H,1,4,13,16H2,2H3. The van der Waals surface area contributed by atoms with Gasteiger partial charge < -0.3 is 14.6 Å². The second-order valence-electron chi connectivity index (χ2n) is 8.65. The summed E-state index contributed by atoms with van der Waals surface area (Å²) in [6.45, 7) is 6.12. The Morgan fingerprint density at radius 2 is 1.98 bits per heavy atom. The lowest BCUT2D eigenvalue weighted by Gasteiger charge is -2.25. The summed E-state index contributed by atoms with van der Waals surface area (Å²) in [5.74, 6) is -0.771. The normalized spacial score (nSPS) is 14.9. The molecule has 4 aromatic rings. The summed E-state index contributed by atoms with van der Waals surface area (Å²) in [7, 11) is 0. The first-order valence-electron chi connectivity index (χ1n) is 12.5. The van der Waals surface area contributed by atoms with Crippen LogP contribution in [-0.4, -0.2) is 40.2 Å². The van der Waals surface area contributed by atoms with Crippen LogP contribution in [0.25, 0.3) is 0 Å². The number of carbonyl (C=O) groups is 2. The van der Waals surface area contributed by atoms with Crippen LogP contribution in [0, 0.1) is 5.82 Å². The molecule has 1 N–H and O–H groups in total. The number of nitrogens with zero attached hydrogens (tertiary/aromatic N) is 3. The van der Waals surface area contributed by atoms with Gasteiger partial charge in [0.25, 0.3) is 5.91 Å². The molecule has 41 heavy (non-hydrogen) atoms. The van der Waals surface area contributed by atoms with Gasteiger partial charge in [0.05, 0.1) is 23.1 Å². The zero-order chi connectivity index (χ0) is 28.9. The number of anilines is 1. The highest BCUT2D eigenvalue weighted by Gasteiger charge is 2.46. The van der Waals surface area contributed by atoms with E-state index in [1.165, 1.54) is 40.1 Å². The Bertz CT molecular complexity index is 1600. The molecule has 0 saturated heterocycles. The quantitative estimate of drug-likeness (QED) is 0.0812. The van der Waals surface area contributed by atoms with E-state index in [1.807, 2.05) is 6.92 Å². The molecule has 0 aliphatic carbocycles. The van der Waals surface area contributed by atoms with Gasteiger partial charge in [-0.25, -0.2) is 4.39 Å². The summed E-state index contributed by atoms with van der Waals surface area (Å²) < 4.78 is 25.4. The predicted octanol–water partition coefficient (Wildman–Crippen LogP) is 6.78. The summed E-state index contributed by atoms with van der Waals surface area (Å²) in [4.78, 5) is 28.8. The van der Waals surface area contributed by atoms with Gasteiger partial charge in [0, 0.05) is 5.75 Å². The molecule has 1 atom stereocenters. The first-order chi connectivity index (χ1) is 19.9. The van der Waals surface area contributed by atoms with Gasteiger partial charge in [-0.15, -0.1) is 21.5 Å². The van der Waals surface area contributed by atoms with Crippen LogP contribution in [0.1, 0.15) is 33.8 Å².